The summed E-state index contributed by atoms with van der Waals surface area (Å²) in [7, 11) is 0. The molecule has 0 heterocycles. The average Bonchev–Trinajstić information content (AvgIpc) is 3.21. The van der Waals surface area contributed by atoms with Crippen molar-refractivity contribution in [1.29, 1.82) is 5.26 Å². The van der Waals surface area contributed by atoms with E-state index >= 15 is 0 Å². The molecule has 1 fully saturated rings. The fraction of sp³-hybridized carbons (Fsp3) is 0.429. The number of aromatic hydroxyl groups is 1. The third-order valence-corrected chi connectivity index (χ3v) is 3.18. The van der Waals surface area contributed by atoms with E-state index in [1.165, 1.54) is 6.07 Å². The van der Waals surface area contributed by atoms with Gasteiger partial charge in [-0.05, 0) is 31.0 Å². The number of hydrogen-bond acceptors (Lipinski definition) is 4. The Hall–Kier alpha value is -1.93. The van der Waals surface area contributed by atoms with Crippen LogP contribution in [0.1, 0.15) is 29.6 Å². The van der Waals surface area contributed by atoms with Gasteiger partial charge in [0.2, 0.25) is 0 Å². The van der Waals surface area contributed by atoms with Gasteiger partial charge in [-0.25, -0.2) is 4.39 Å². The largest absolute Gasteiger partial charge is 0.507 e. The quantitative estimate of drug-likeness (QED) is 0.797. The molecule has 4 nitrogen and oxygen atoms in total. The number of benzene rings is 1. The van der Waals surface area contributed by atoms with E-state index in [1.807, 2.05) is 4.90 Å². The molecule has 2 rings (SSSR count). The summed E-state index contributed by atoms with van der Waals surface area (Å²) in [5, 5.41) is 18.2. The SMILES string of the molecule is N#CCCN(CC(=O)c1cc(F)ccc1O)C1CC1. The number of halogens is 1. The Balaban J connectivity index is 2.06. The van der Waals surface area contributed by atoms with Gasteiger partial charge in [0.1, 0.15) is 11.6 Å². The first kappa shape index (κ1) is 13.5. The minimum absolute atomic E-state index is 0.00241. The lowest BCUT2D eigenvalue weighted by Crippen LogP contribution is -2.32. The molecule has 0 spiro atoms. The summed E-state index contributed by atoms with van der Waals surface area (Å²) in [5.41, 5.74) is 0.00241. The summed E-state index contributed by atoms with van der Waals surface area (Å²) in [6, 6.07) is 5.73. The Kier molecular flexibility index (Phi) is 4.13. The van der Waals surface area contributed by atoms with E-state index in [2.05, 4.69) is 6.07 Å². The number of nitrogens with zero attached hydrogens (tertiary/aromatic N) is 2. The second kappa shape index (κ2) is 5.81. The highest BCUT2D eigenvalue weighted by Crippen LogP contribution is 2.28. The van der Waals surface area contributed by atoms with Gasteiger partial charge in [-0.1, -0.05) is 0 Å². The molecule has 0 unspecified atom stereocenters. The zero-order valence-corrected chi connectivity index (χ0v) is 10.5. The third-order valence-electron chi connectivity index (χ3n) is 3.18. The van der Waals surface area contributed by atoms with Gasteiger partial charge in [-0.3, -0.25) is 9.69 Å². The number of hydrogen-bond donors (Lipinski definition) is 1. The number of ketones is 1. The van der Waals surface area contributed by atoms with Gasteiger partial charge in [0.15, 0.2) is 5.78 Å². The molecule has 0 saturated heterocycles. The minimum atomic E-state index is -0.545. The van der Waals surface area contributed by atoms with Crippen molar-refractivity contribution in [3.8, 4) is 11.8 Å². The smallest absolute Gasteiger partial charge is 0.180 e. The van der Waals surface area contributed by atoms with E-state index in [1.54, 1.807) is 0 Å². The summed E-state index contributed by atoms with van der Waals surface area (Å²) in [4.78, 5) is 14.0. The van der Waals surface area contributed by atoms with Crippen LogP contribution >= 0.6 is 0 Å². The van der Waals surface area contributed by atoms with Gasteiger partial charge < -0.3 is 5.11 Å². The molecule has 5 heteroatoms. The lowest BCUT2D eigenvalue weighted by molar-refractivity contribution is 0.0923. The molecule has 1 saturated carbocycles. The summed E-state index contributed by atoms with van der Waals surface area (Å²) in [5.74, 6) is -1.07. The predicted octanol–water partition coefficient (Wildman–Crippen LogP) is 2.09. The summed E-state index contributed by atoms with van der Waals surface area (Å²) in [6.07, 6.45) is 2.40. The van der Waals surface area contributed by atoms with E-state index < -0.39 is 5.82 Å². The van der Waals surface area contributed by atoms with Gasteiger partial charge >= 0.3 is 0 Å². The van der Waals surface area contributed by atoms with Crippen molar-refractivity contribution in [2.45, 2.75) is 25.3 Å². The molecule has 0 aromatic heterocycles. The molecule has 100 valence electrons. The van der Waals surface area contributed by atoms with Crippen LogP contribution in [0, 0.1) is 17.1 Å². The van der Waals surface area contributed by atoms with Gasteiger partial charge in [-0.15, -0.1) is 0 Å². The molecule has 0 bridgehead atoms. The molecule has 0 amide bonds. The highest BCUT2D eigenvalue weighted by molar-refractivity contribution is 6.00. The average molecular weight is 262 g/mol. The first-order chi connectivity index (χ1) is 9.11. The van der Waals surface area contributed by atoms with Crippen LogP contribution in [0.15, 0.2) is 18.2 Å². The first-order valence-electron chi connectivity index (χ1n) is 6.24. The van der Waals surface area contributed by atoms with Crippen molar-refractivity contribution in [1.82, 2.24) is 4.90 Å². The first-order valence-corrected chi connectivity index (χ1v) is 6.24. The van der Waals surface area contributed by atoms with Crippen LogP contribution in [0.4, 0.5) is 4.39 Å². The van der Waals surface area contributed by atoms with Gasteiger partial charge in [-0.2, -0.15) is 5.26 Å². The standard InChI is InChI=1S/C14H15FN2O2/c15-10-2-5-13(18)12(8-10)14(19)9-17(7-1-6-16)11-3-4-11/h2,5,8,11,18H,1,3-4,7,9H2. The Morgan fingerprint density at radius 2 is 2.26 bits per heavy atom. The summed E-state index contributed by atoms with van der Waals surface area (Å²) < 4.78 is 13.1. The molecule has 1 N–H and O–H groups in total. The lowest BCUT2D eigenvalue weighted by Gasteiger charge is -2.19. The Morgan fingerprint density at radius 1 is 1.53 bits per heavy atom. The molecular formula is C14H15FN2O2. The maximum absolute atomic E-state index is 13.1. The highest BCUT2D eigenvalue weighted by atomic mass is 19.1. The number of phenolic OH excluding ortho intramolecular Hbond substituents is 1. The van der Waals surface area contributed by atoms with Crippen molar-refractivity contribution < 1.29 is 14.3 Å². The number of Topliss-reactive ketones (excluding diaryl/α,β-unsaturated/α-hetero) is 1. The van der Waals surface area contributed by atoms with Crippen molar-refractivity contribution in [3.63, 3.8) is 0 Å². The Labute approximate surface area is 111 Å². The zero-order chi connectivity index (χ0) is 13.8. The molecule has 19 heavy (non-hydrogen) atoms. The highest BCUT2D eigenvalue weighted by Gasteiger charge is 2.30. The number of nitriles is 1. The van der Waals surface area contributed by atoms with Crippen molar-refractivity contribution in [2.24, 2.45) is 0 Å². The number of rotatable bonds is 6. The minimum Gasteiger partial charge on any atom is -0.507 e. The molecule has 1 aromatic carbocycles. The summed E-state index contributed by atoms with van der Waals surface area (Å²) in [6.45, 7) is 0.645. The zero-order valence-electron chi connectivity index (χ0n) is 10.5. The Bertz CT molecular complexity index is 521. The van der Waals surface area contributed by atoms with Gasteiger partial charge in [0, 0.05) is 19.0 Å². The summed E-state index contributed by atoms with van der Waals surface area (Å²) >= 11 is 0. The number of carbonyl (C=O) groups excluding carboxylic acids is 1. The monoisotopic (exact) mass is 262 g/mol. The number of phenols is 1. The Morgan fingerprint density at radius 3 is 2.89 bits per heavy atom. The van der Waals surface area contributed by atoms with Crippen LogP contribution in [0.25, 0.3) is 0 Å². The van der Waals surface area contributed by atoms with Crippen LogP contribution < -0.4 is 0 Å². The van der Waals surface area contributed by atoms with Crippen LogP contribution in [-0.2, 0) is 0 Å². The lowest BCUT2D eigenvalue weighted by atomic mass is 10.1. The van der Waals surface area contributed by atoms with Crippen LogP contribution in [0.5, 0.6) is 5.75 Å². The van der Waals surface area contributed by atoms with Crippen molar-refractivity contribution in [3.05, 3.63) is 29.6 Å². The topological polar surface area (TPSA) is 64.3 Å². The maximum atomic E-state index is 13.1. The van der Waals surface area contributed by atoms with Crippen LogP contribution in [0.3, 0.4) is 0 Å². The molecular weight excluding hydrogens is 247 g/mol. The van der Waals surface area contributed by atoms with E-state index in [-0.39, 0.29) is 23.6 Å². The molecule has 0 radical (unpaired) electrons. The van der Waals surface area contributed by atoms with Crippen LogP contribution in [-0.4, -0.2) is 34.9 Å². The van der Waals surface area contributed by atoms with Crippen molar-refractivity contribution in [2.75, 3.05) is 13.1 Å². The predicted molar refractivity (Wildman–Crippen MR) is 67.2 cm³/mol. The van der Waals surface area contributed by atoms with E-state index in [0.717, 1.165) is 25.0 Å². The fourth-order valence-electron chi connectivity index (χ4n) is 2.03. The van der Waals surface area contributed by atoms with E-state index in [4.69, 9.17) is 5.26 Å². The van der Waals surface area contributed by atoms with Gasteiger partial charge in [0.05, 0.1) is 18.2 Å². The van der Waals surface area contributed by atoms with E-state index in [0.29, 0.717) is 19.0 Å². The van der Waals surface area contributed by atoms with Crippen molar-refractivity contribution >= 4 is 5.78 Å². The van der Waals surface area contributed by atoms with E-state index in [9.17, 15) is 14.3 Å². The second-order valence-corrected chi connectivity index (χ2v) is 4.69. The number of carbonyl (C=O) groups is 1. The molecule has 1 aliphatic rings. The molecule has 1 aromatic rings. The second-order valence-electron chi connectivity index (χ2n) is 4.69. The maximum Gasteiger partial charge on any atom is 0.180 e. The van der Waals surface area contributed by atoms with Crippen LogP contribution in [0.2, 0.25) is 0 Å². The third kappa shape index (κ3) is 3.52. The molecule has 1 aliphatic carbocycles. The fourth-order valence-corrected chi connectivity index (χ4v) is 2.03. The molecule has 0 aliphatic heterocycles. The molecule has 0 atom stereocenters. The van der Waals surface area contributed by atoms with Gasteiger partial charge in [0.25, 0.3) is 0 Å². The normalized spacial score (nSPS) is 14.4.